The summed E-state index contributed by atoms with van der Waals surface area (Å²) in [5.74, 6) is 1.37. The molecule has 3 aromatic heterocycles. The highest BCUT2D eigenvalue weighted by Gasteiger charge is 2.18. The summed E-state index contributed by atoms with van der Waals surface area (Å²) in [5, 5.41) is 17.2. The van der Waals surface area contributed by atoms with Gasteiger partial charge in [-0.25, -0.2) is 19.9 Å². The van der Waals surface area contributed by atoms with Gasteiger partial charge in [-0.05, 0) is 38.7 Å². The summed E-state index contributed by atoms with van der Waals surface area (Å²) in [6.07, 6.45) is 13.1. The highest BCUT2D eigenvalue weighted by Crippen LogP contribution is 2.30. The number of aromatic nitrogens is 5. The van der Waals surface area contributed by atoms with Gasteiger partial charge >= 0.3 is 0 Å². The van der Waals surface area contributed by atoms with E-state index in [1.54, 1.807) is 12.4 Å². The lowest BCUT2D eigenvalue weighted by Crippen LogP contribution is -2.35. The quantitative estimate of drug-likeness (QED) is 0.459. The van der Waals surface area contributed by atoms with Crippen LogP contribution in [0.25, 0.3) is 10.6 Å². The van der Waals surface area contributed by atoms with Gasteiger partial charge in [-0.15, -0.1) is 0 Å². The van der Waals surface area contributed by atoms with Crippen molar-refractivity contribution in [1.29, 1.82) is 0 Å². The number of hydrogen-bond acceptors (Lipinski definition) is 10. The number of rotatable bonds is 7. The molecule has 0 unspecified atom stereocenters. The molecule has 4 heterocycles. The molecule has 1 saturated carbocycles. The number of thiazole rings is 1. The molecule has 0 radical (unpaired) electrons. The zero-order valence-electron chi connectivity index (χ0n) is 19.6. The van der Waals surface area contributed by atoms with Gasteiger partial charge < -0.3 is 15.7 Å². The van der Waals surface area contributed by atoms with Crippen LogP contribution in [-0.2, 0) is 6.54 Å². The molecule has 3 aromatic rings. The average Bonchev–Trinajstić information content (AvgIpc) is 3.31. The van der Waals surface area contributed by atoms with Crippen LogP contribution in [0, 0.1) is 6.92 Å². The highest BCUT2D eigenvalue weighted by molar-refractivity contribution is 7.18. The van der Waals surface area contributed by atoms with E-state index in [1.165, 1.54) is 43.4 Å². The summed E-state index contributed by atoms with van der Waals surface area (Å²) in [7, 11) is 0. The molecule has 0 atom stereocenters. The Morgan fingerprint density at radius 1 is 1.00 bits per heavy atom. The highest BCUT2D eigenvalue weighted by atomic mass is 32.1. The lowest BCUT2D eigenvalue weighted by molar-refractivity contribution is 0.0786. The fraction of sp³-hybridized carbons (Fsp3) is 0.542. The number of aryl methyl sites for hydroxylation is 1. The predicted molar refractivity (Wildman–Crippen MR) is 134 cm³/mol. The van der Waals surface area contributed by atoms with E-state index in [9.17, 15) is 5.11 Å². The Hall–Kier alpha value is -2.69. The summed E-state index contributed by atoms with van der Waals surface area (Å²) < 4.78 is 0. The maximum absolute atomic E-state index is 9.66. The third-order valence-electron chi connectivity index (χ3n) is 6.43. The number of nitrogens with zero attached hydrogens (tertiary/aromatic N) is 6. The molecule has 10 heteroatoms. The Kier molecular flexibility index (Phi) is 7.27. The van der Waals surface area contributed by atoms with Gasteiger partial charge in [0.2, 0.25) is 5.95 Å². The molecule has 3 N–H and O–H groups in total. The second kappa shape index (κ2) is 10.7. The van der Waals surface area contributed by atoms with Crippen LogP contribution in [0.3, 0.4) is 0 Å². The SMILES string of the molecule is Cc1cc(-c2cnc(Nc3cnc(CN4CCC(O)CC4)cn3)s2)nc(NC2CCCCC2)n1. The number of nitrogens with one attached hydrogen (secondary N) is 2. The molecular weight excluding hydrogens is 448 g/mol. The van der Waals surface area contributed by atoms with E-state index in [2.05, 4.69) is 35.5 Å². The molecule has 9 nitrogen and oxygen atoms in total. The second-order valence-corrected chi connectivity index (χ2v) is 10.3. The molecule has 0 aromatic carbocycles. The predicted octanol–water partition coefficient (Wildman–Crippen LogP) is 4.14. The molecule has 34 heavy (non-hydrogen) atoms. The van der Waals surface area contributed by atoms with Gasteiger partial charge in [-0.1, -0.05) is 30.6 Å². The van der Waals surface area contributed by atoms with E-state index in [0.29, 0.717) is 17.8 Å². The first-order valence-corrected chi connectivity index (χ1v) is 13.0. The van der Waals surface area contributed by atoms with Crippen LogP contribution in [0.4, 0.5) is 16.9 Å². The summed E-state index contributed by atoms with van der Waals surface area (Å²) in [5.41, 5.74) is 2.75. The number of anilines is 3. The molecule has 0 amide bonds. The largest absolute Gasteiger partial charge is 0.393 e. The maximum atomic E-state index is 9.66. The average molecular weight is 481 g/mol. The summed E-state index contributed by atoms with van der Waals surface area (Å²) in [6, 6.07) is 2.46. The number of piperidine rings is 1. The minimum Gasteiger partial charge on any atom is -0.393 e. The topological polar surface area (TPSA) is 112 Å². The van der Waals surface area contributed by atoms with Gasteiger partial charge in [0.05, 0.1) is 34.8 Å². The van der Waals surface area contributed by atoms with Crippen molar-refractivity contribution in [3.63, 3.8) is 0 Å². The monoisotopic (exact) mass is 480 g/mol. The normalized spacial score (nSPS) is 18.2. The van der Waals surface area contributed by atoms with Gasteiger partial charge in [0.25, 0.3) is 0 Å². The number of aliphatic hydroxyl groups is 1. The van der Waals surface area contributed by atoms with Crippen LogP contribution < -0.4 is 10.6 Å². The van der Waals surface area contributed by atoms with Crippen molar-refractivity contribution in [1.82, 2.24) is 29.8 Å². The van der Waals surface area contributed by atoms with Crippen molar-refractivity contribution in [2.45, 2.75) is 70.6 Å². The molecule has 0 spiro atoms. The zero-order chi connectivity index (χ0) is 23.3. The smallest absolute Gasteiger partial charge is 0.223 e. The third-order valence-corrected chi connectivity index (χ3v) is 7.37. The van der Waals surface area contributed by atoms with E-state index >= 15 is 0 Å². The number of aliphatic hydroxyl groups excluding tert-OH is 1. The summed E-state index contributed by atoms with van der Waals surface area (Å²) in [6.45, 7) is 4.54. The first-order valence-electron chi connectivity index (χ1n) is 12.2. The van der Waals surface area contributed by atoms with Crippen molar-refractivity contribution in [3.8, 4) is 10.6 Å². The Balaban J connectivity index is 1.21. The molecule has 1 aliphatic carbocycles. The van der Waals surface area contributed by atoms with Crippen molar-refractivity contribution < 1.29 is 5.11 Å². The first-order chi connectivity index (χ1) is 16.6. The van der Waals surface area contributed by atoms with Crippen LogP contribution in [0.1, 0.15) is 56.3 Å². The standard InChI is InChI=1S/C24H32N8OS/c1-16-11-20(30-23(28-16)29-17-5-3-2-4-6-17)21-13-27-24(34-21)31-22-14-25-18(12-26-22)15-32-9-7-19(33)8-10-32/h11-14,17,19,33H,2-10,15H2,1H3,(H,26,27,31)(H,28,29,30). The maximum Gasteiger partial charge on any atom is 0.223 e. The molecule has 0 bridgehead atoms. The minimum absolute atomic E-state index is 0.164. The molecule has 1 aliphatic heterocycles. The van der Waals surface area contributed by atoms with E-state index < -0.39 is 0 Å². The summed E-state index contributed by atoms with van der Waals surface area (Å²) >= 11 is 1.54. The van der Waals surface area contributed by atoms with Crippen molar-refractivity contribution in [2.75, 3.05) is 23.7 Å². The van der Waals surface area contributed by atoms with Gasteiger partial charge in [0, 0.05) is 37.6 Å². The van der Waals surface area contributed by atoms with Gasteiger partial charge in [0.1, 0.15) is 0 Å². The zero-order valence-corrected chi connectivity index (χ0v) is 20.4. The van der Waals surface area contributed by atoms with Crippen molar-refractivity contribution in [2.24, 2.45) is 0 Å². The lowest BCUT2D eigenvalue weighted by atomic mass is 9.96. The third kappa shape index (κ3) is 6.05. The van der Waals surface area contributed by atoms with Gasteiger partial charge in [-0.3, -0.25) is 9.88 Å². The second-order valence-electron chi connectivity index (χ2n) is 9.25. The number of likely N-dealkylation sites (tertiary alicyclic amines) is 1. The van der Waals surface area contributed by atoms with Crippen molar-refractivity contribution in [3.05, 3.63) is 36.0 Å². The Bertz CT molecular complexity index is 1070. The molecule has 180 valence electrons. The van der Waals surface area contributed by atoms with Gasteiger partial charge in [-0.2, -0.15) is 0 Å². The fourth-order valence-corrected chi connectivity index (χ4v) is 5.34. The lowest BCUT2D eigenvalue weighted by Gasteiger charge is -2.28. The fourth-order valence-electron chi connectivity index (χ4n) is 4.56. The van der Waals surface area contributed by atoms with Crippen LogP contribution in [0.2, 0.25) is 0 Å². The van der Waals surface area contributed by atoms with Crippen LogP contribution in [0.5, 0.6) is 0 Å². The molecule has 1 saturated heterocycles. The van der Waals surface area contributed by atoms with E-state index in [4.69, 9.17) is 4.98 Å². The minimum atomic E-state index is -0.164. The van der Waals surface area contributed by atoms with Gasteiger partial charge in [0.15, 0.2) is 10.9 Å². The first kappa shape index (κ1) is 23.1. The Morgan fingerprint density at radius 3 is 2.59 bits per heavy atom. The van der Waals surface area contributed by atoms with Crippen LogP contribution in [0.15, 0.2) is 24.7 Å². The summed E-state index contributed by atoms with van der Waals surface area (Å²) in [4.78, 5) is 26.2. The van der Waals surface area contributed by atoms with E-state index in [1.807, 2.05) is 19.2 Å². The number of hydrogen-bond donors (Lipinski definition) is 3. The van der Waals surface area contributed by atoms with E-state index in [-0.39, 0.29) is 6.10 Å². The van der Waals surface area contributed by atoms with E-state index in [0.717, 1.165) is 59.6 Å². The van der Waals surface area contributed by atoms with Crippen LogP contribution in [-0.4, -0.2) is 60.2 Å². The van der Waals surface area contributed by atoms with Crippen molar-refractivity contribution >= 4 is 28.2 Å². The Morgan fingerprint density at radius 2 is 1.82 bits per heavy atom. The molecular formula is C24H32N8OS. The molecule has 2 aliphatic rings. The van der Waals surface area contributed by atoms with Crippen LogP contribution >= 0.6 is 11.3 Å². The molecule has 5 rings (SSSR count). The molecule has 2 fully saturated rings. The Labute approximate surface area is 204 Å².